The zero-order valence-corrected chi connectivity index (χ0v) is 25.2. The molecule has 224 valence electrons. The Morgan fingerprint density at radius 3 is 2.39 bits per heavy atom. The van der Waals surface area contributed by atoms with E-state index in [1.54, 1.807) is 19.1 Å². The van der Waals surface area contributed by atoms with E-state index >= 15 is 0 Å². The predicted molar refractivity (Wildman–Crippen MR) is 170 cm³/mol. The molecular formula is C33H31N5O5S. The molecule has 44 heavy (non-hydrogen) atoms. The molecule has 1 aromatic heterocycles. The van der Waals surface area contributed by atoms with E-state index < -0.39 is 16.9 Å². The van der Waals surface area contributed by atoms with Crippen molar-refractivity contribution in [1.82, 2.24) is 9.47 Å². The zero-order chi connectivity index (χ0) is 30.8. The lowest BCUT2D eigenvalue weighted by atomic mass is 9.93. The van der Waals surface area contributed by atoms with Crippen molar-refractivity contribution in [2.45, 2.75) is 13.0 Å². The van der Waals surface area contributed by atoms with Crippen LogP contribution in [-0.4, -0.2) is 60.2 Å². The van der Waals surface area contributed by atoms with E-state index in [4.69, 9.17) is 9.73 Å². The summed E-state index contributed by atoms with van der Waals surface area (Å²) in [5.41, 5.74) is 3.19. The third kappa shape index (κ3) is 5.59. The first-order valence-corrected chi connectivity index (χ1v) is 15.2. The normalized spacial score (nSPS) is 17.3. The number of non-ortho nitro benzene ring substituents is 1. The first kappa shape index (κ1) is 29.2. The molecule has 0 amide bonds. The summed E-state index contributed by atoms with van der Waals surface area (Å²) in [5, 5.41) is 11.7. The van der Waals surface area contributed by atoms with E-state index in [0.29, 0.717) is 20.6 Å². The van der Waals surface area contributed by atoms with Gasteiger partial charge in [-0.25, -0.2) is 9.79 Å². The summed E-state index contributed by atoms with van der Waals surface area (Å²) in [6, 6.07) is 22.7. The van der Waals surface area contributed by atoms with Gasteiger partial charge in [0.15, 0.2) is 4.80 Å². The Labute approximate surface area is 257 Å². The molecule has 2 aliphatic rings. The molecule has 0 saturated carbocycles. The molecule has 0 spiro atoms. The third-order valence-corrected chi connectivity index (χ3v) is 8.82. The van der Waals surface area contributed by atoms with E-state index in [0.717, 1.165) is 43.0 Å². The second-order valence-electron chi connectivity index (χ2n) is 10.6. The number of hydrogen-bond acceptors (Lipinski definition) is 9. The van der Waals surface area contributed by atoms with Gasteiger partial charge in [0.1, 0.15) is 0 Å². The molecule has 11 heteroatoms. The molecule has 0 aliphatic carbocycles. The molecule has 2 aliphatic heterocycles. The Kier molecular flexibility index (Phi) is 8.23. The summed E-state index contributed by atoms with van der Waals surface area (Å²) in [5.74, 6) is -0.547. The number of piperazine rings is 1. The van der Waals surface area contributed by atoms with Crippen LogP contribution in [0.5, 0.6) is 0 Å². The molecule has 1 unspecified atom stereocenters. The summed E-state index contributed by atoms with van der Waals surface area (Å²) in [4.78, 5) is 48.9. The van der Waals surface area contributed by atoms with Crippen molar-refractivity contribution in [3.05, 3.63) is 131 Å². The molecule has 0 bridgehead atoms. The van der Waals surface area contributed by atoms with Crippen molar-refractivity contribution in [3.8, 4) is 0 Å². The lowest BCUT2D eigenvalue weighted by molar-refractivity contribution is -0.384. The average Bonchev–Trinajstić information content (AvgIpc) is 3.35. The number of fused-ring (bicyclic) bond motifs is 1. The van der Waals surface area contributed by atoms with Gasteiger partial charge in [-0.1, -0.05) is 72.0 Å². The Morgan fingerprint density at radius 1 is 1.05 bits per heavy atom. The molecule has 1 fully saturated rings. The minimum Gasteiger partial charge on any atom is -0.463 e. The maximum absolute atomic E-state index is 14.3. The maximum atomic E-state index is 14.3. The molecule has 6 rings (SSSR count). The van der Waals surface area contributed by atoms with Crippen LogP contribution in [0.25, 0.3) is 11.8 Å². The topological polar surface area (TPSA) is 110 Å². The number of carbonyl (C=O) groups excluding carboxylic acids is 1. The fraction of sp³-hybridized carbons (Fsp3) is 0.242. The van der Waals surface area contributed by atoms with Crippen LogP contribution in [0.2, 0.25) is 0 Å². The summed E-state index contributed by atoms with van der Waals surface area (Å²) < 4.78 is 7.42. The fourth-order valence-electron chi connectivity index (χ4n) is 5.64. The monoisotopic (exact) mass is 609 g/mol. The highest BCUT2D eigenvalue weighted by Gasteiger charge is 2.35. The van der Waals surface area contributed by atoms with Crippen LogP contribution >= 0.6 is 11.3 Å². The number of likely N-dealkylation sites (N-methyl/N-ethyl adjacent to an activating group) is 1. The van der Waals surface area contributed by atoms with Gasteiger partial charge in [0.2, 0.25) is 0 Å². The average molecular weight is 610 g/mol. The number of anilines is 1. The van der Waals surface area contributed by atoms with Gasteiger partial charge in [-0.2, -0.15) is 0 Å². The second kappa shape index (κ2) is 12.4. The van der Waals surface area contributed by atoms with Crippen LogP contribution in [0.15, 0.2) is 94.2 Å². The summed E-state index contributed by atoms with van der Waals surface area (Å²) in [6.07, 6.45) is 1.71. The number of hydrogen-bond donors (Lipinski definition) is 0. The Hall–Kier alpha value is -4.87. The number of ether oxygens (including phenoxy) is 1. The number of thiazole rings is 1. The summed E-state index contributed by atoms with van der Waals surface area (Å²) in [7, 11) is 2.06. The number of esters is 1. The van der Waals surface area contributed by atoms with Gasteiger partial charge in [0.05, 0.1) is 33.4 Å². The Balaban J connectivity index is 1.60. The van der Waals surface area contributed by atoms with Gasteiger partial charge < -0.3 is 14.5 Å². The summed E-state index contributed by atoms with van der Waals surface area (Å²) in [6.45, 7) is 5.13. The molecule has 3 aromatic carbocycles. The fourth-order valence-corrected chi connectivity index (χ4v) is 6.63. The van der Waals surface area contributed by atoms with Crippen molar-refractivity contribution < 1.29 is 14.5 Å². The van der Waals surface area contributed by atoms with Crippen molar-refractivity contribution in [2.24, 2.45) is 4.99 Å². The van der Waals surface area contributed by atoms with Crippen LogP contribution in [-0.2, 0) is 9.53 Å². The maximum Gasteiger partial charge on any atom is 0.338 e. The number of aromatic nitrogens is 1. The minimum absolute atomic E-state index is 0.0555. The van der Waals surface area contributed by atoms with Crippen LogP contribution < -0.4 is 19.8 Å². The smallest absolute Gasteiger partial charge is 0.338 e. The van der Waals surface area contributed by atoms with Crippen LogP contribution in [0, 0.1) is 10.1 Å². The number of rotatable bonds is 7. The molecule has 4 aromatic rings. The van der Waals surface area contributed by atoms with Gasteiger partial charge in [0, 0.05) is 55.1 Å². The number of nitro groups is 1. The Morgan fingerprint density at radius 2 is 1.73 bits per heavy atom. The van der Waals surface area contributed by atoms with Crippen LogP contribution in [0.1, 0.15) is 29.7 Å². The Bertz CT molecular complexity index is 1930. The van der Waals surface area contributed by atoms with E-state index in [-0.39, 0.29) is 23.4 Å². The lowest BCUT2D eigenvalue weighted by Crippen LogP contribution is -2.44. The number of nitrogens with zero attached hydrogens (tertiary/aromatic N) is 5. The van der Waals surface area contributed by atoms with Gasteiger partial charge in [-0.15, -0.1) is 0 Å². The lowest BCUT2D eigenvalue weighted by Gasteiger charge is -2.34. The van der Waals surface area contributed by atoms with E-state index in [1.165, 1.54) is 28.0 Å². The predicted octanol–water partition coefficient (Wildman–Crippen LogP) is 3.60. The molecular weight excluding hydrogens is 578 g/mol. The highest BCUT2D eigenvalue weighted by molar-refractivity contribution is 7.07. The molecule has 0 radical (unpaired) electrons. The highest BCUT2D eigenvalue weighted by Crippen LogP contribution is 2.35. The largest absolute Gasteiger partial charge is 0.463 e. The van der Waals surface area contributed by atoms with E-state index in [9.17, 15) is 19.7 Å². The van der Waals surface area contributed by atoms with E-state index in [1.807, 2.05) is 60.7 Å². The van der Waals surface area contributed by atoms with Crippen LogP contribution in [0.3, 0.4) is 0 Å². The first-order chi connectivity index (χ1) is 21.4. The molecule has 3 heterocycles. The highest BCUT2D eigenvalue weighted by atomic mass is 32.1. The van der Waals surface area contributed by atoms with Crippen LogP contribution in [0.4, 0.5) is 11.4 Å². The van der Waals surface area contributed by atoms with Crippen molar-refractivity contribution in [3.63, 3.8) is 0 Å². The number of nitro benzene ring substituents is 1. The second-order valence-corrected chi connectivity index (χ2v) is 11.6. The van der Waals surface area contributed by atoms with E-state index in [2.05, 4.69) is 16.8 Å². The van der Waals surface area contributed by atoms with Gasteiger partial charge in [-0.05, 0) is 31.7 Å². The van der Waals surface area contributed by atoms with Gasteiger partial charge in [-0.3, -0.25) is 19.5 Å². The molecule has 1 saturated heterocycles. The molecule has 10 nitrogen and oxygen atoms in total. The summed E-state index contributed by atoms with van der Waals surface area (Å²) >= 11 is 1.20. The molecule has 0 N–H and O–H groups in total. The first-order valence-electron chi connectivity index (χ1n) is 14.4. The van der Waals surface area contributed by atoms with Crippen molar-refractivity contribution >= 4 is 40.5 Å². The molecule has 1 atom stereocenters. The quantitative estimate of drug-likeness (QED) is 0.179. The van der Waals surface area contributed by atoms with Gasteiger partial charge >= 0.3 is 5.97 Å². The van der Waals surface area contributed by atoms with Crippen molar-refractivity contribution in [2.75, 3.05) is 44.7 Å². The number of benzene rings is 3. The third-order valence-electron chi connectivity index (χ3n) is 7.84. The zero-order valence-electron chi connectivity index (χ0n) is 24.4. The van der Waals surface area contributed by atoms with Crippen molar-refractivity contribution in [1.29, 1.82) is 0 Å². The van der Waals surface area contributed by atoms with Gasteiger partial charge in [0.25, 0.3) is 11.2 Å². The SMILES string of the molecule is CCOC(=O)C1=C(c2ccccc2)N=c2s/c(=C\c3cc([N+](=O)[O-])ccc3N3CCN(C)CC3)c(=O)n2C1c1ccccc1. The standard InChI is InChI=1S/C33H31N5O5S/c1-3-43-32(40)28-29(22-10-6-4-7-11-22)34-33-37(30(28)23-12-8-5-9-13-23)31(39)27(44-33)21-24-20-25(38(41)42)14-15-26(24)36-18-16-35(2)17-19-36/h4-15,20-21,30H,3,16-19H2,1-2H3/b27-21-. The minimum atomic E-state index is -0.786. The number of carbonyl (C=O) groups is 1.